The average molecular weight is 383 g/mol. The Morgan fingerprint density at radius 2 is 1.70 bits per heavy atom. The highest BCUT2D eigenvalue weighted by atomic mass is 35.5. The minimum atomic E-state index is -0.390. The summed E-state index contributed by atoms with van der Waals surface area (Å²) in [5.74, 6) is 0.953. The first-order chi connectivity index (χ1) is 13.2. The Hall–Kier alpha value is -2.36. The summed E-state index contributed by atoms with van der Waals surface area (Å²) in [6.07, 6.45) is 2.36. The van der Waals surface area contributed by atoms with E-state index in [0.717, 1.165) is 16.1 Å². The smallest absolute Gasteiger partial charge is 0.165 e. The van der Waals surface area contributed by atoms with Crippen molar-refractivity contribution in [1.82, 2.24) is 0 Å². The van der Waals surface area contributed by atoms with Gasteiger partial charge in [0.1, 0.15) is 5.75 Å². The zero-order chi connectivity index (χ0) is 18.6. The van der Waals surface area contributed by atoms with Crippen LogP contribution < -0.4 is 4.74 Å². The third-order valence-electron chi connectivity index (χ3n) is 4.64. The van der Waals surface area contributed by atoms with Crippen LogP contribution in [0.25, 0.3) is 0 Å². The molecular weight excluding hydrogens is 363 g/mol. The van der Waals surface area contributed by atoms with Crippen molar-refractivity contribution in [2.45, 2.75) is 25.6 Å². The van der Waals surface area contributed by atoms with Gasteiger partial charge >= 0.3 is 0 Å². The van der Waals surface area contributed by atoms with Crippen molar-refractivity contribution in [1.29, 1.82) is 0 Å². The summed E-state index contributed by atoms with van der Waals surface area (Å²) in [4.78, 5) is 0. The lowest BCUT2D eigenvalue weighted by molar-refractivity contribution is 0.0245. The van der Waals surface area contributed by atoms with Crippen LogP contribution in [-0.2, 0) is 11.3 Å². The molecule has 3 aromatic carbocycles. The van der Waals surface area contributed by atoms with E-state index in [1.54, 1.807) is 24.3 Å². The van der Waals surface area contributed by atoms with Crippen molar-refractivity contribution >= 4 is 11.6 Å². The van der Waals surface area contributed by atoms with Crippen molar-refractivity contribution in [3.05, 3.63) is 94.8 Å². The monoisotopic (exact) mass is 382 g/mol. The summed E-state index contributed by atoms with van der Waals surface area (Å²) in [5.41, 5.74) is 2.01. The molecule has 0 aromatic heterocycles. The quantitative estimate of drug-likeness (QED) is 0.440. The molecule has 1 unspecified atom stereocenters. The number of benzene rings is 3. The molecule has 27 heavy (non-hydrogen) atoms. The van der Waals surface area contributed by atoms with Crippen LogP contribution in [0.5, 0.6) is 11.5 Å². The van der Waals surface area contributed by atoms with Gasteiger partial charge in [0.05, 0.1) is 12.7 Å². The Balaban J connectivity index is 1.47. The van der Waals surface area contributed by atoms with Gasteiger partial charge in [0.15, 0.2) is 11.6 Å². The fourth-order valence-corrected chi connectivity index (χ4v) is 3.20. The van der Waals surface area contributed by atoms with Crippen LogP contribution in [0.1, 0.15) is 30.1 Å². The summed E-state index contributed by atoms with van der Waals surface area (Å²) in [7, 11) is 0. The number of rotatable bonds is 7. The maximum atomic E-state index is 14.1. The van der Waals surface area contributed by atoms with Crippen LogP contribution in [0, 0.1) is 11.7 Å². The van der Waals surface area contributed by atoms with Crippen molar-refractivity contribution in [3.8, 4) is 11.5 Å². The summed E-state index contributed by atoms with van der Waals surface area (Å²) < 4.78 is 26.0. The van der Waals surface area contributed by atoms with Gasteiger partial charge < -0.3 is 9.47 Å². The second-order valence-electron chi connectivity index (χ2n) is 6.80. The van der Waals surface area contributed by atoms with Crippen LogP contribution >= 0.6 is 11.6 Å². The summed E-state index contributed by atoms with van der Waals surface area (Å²) in [5, 5.41) is 0.717. The molecule has 1 saturated carbocycles. The largest absolute Gasteiger partial charge is 0.454 e. The van der Waals surface area contributed by atoms with E-state index < -0.39 is 0 Å². The van der Waals surface area contributed by atoms with E-state index in [2.05, 4.69) is 0 Å². The lowest BCUT2D eigenvalue weighted by Gasteiger charge is -2.18. The topological polar surface area (TPSA) is 18.5 Å². The fraction of sp³-hybridized carbons (Fsp3) is 0.217. The molecule has 0 radical (unpaired) electrons. The highest BCUT2D eigenvalue weighted by molar-refractivity contribution is 6.30. The van der Waals surface area contributed by atoms with E-state index in [-0.39, 0.29) is 17.7 Å². The summed E-state index contributed by atoms with van der Waals surface area (Å²) >= 11 is 5.99. The first-order valence-electron chi connectivity index (χ1n) is 9.07. The minimum Gasteiger partial charge on any atom is -0.454 e. The lowest BCUT2D eigenvalue weighted by Crippen LogP contribution is -2.07. The molecule has 1 aliphatic rings. The fourth-order valence-electron chi connectivity index (χ4n) is 3.07. The predicted molar refractivity (Wildman–Crippen MR) is 105 cm³/mol. The van der Waals surface area contributed by atoms with Gasteiger partial charge in [0.25, 0.3) is 0 Å². The maximum Gasteiger partial charge on any atom is 0.165 e. The van der Waals surface area contributed by atoms with E-state index in [4.69, 9.17) is 21.1 Å². The van der Waals surface area contributed by atoms with Gasteiger partial charge in [-0.05, 0) is 66.3 Å². The molecule has 4 rings (SSSR count). The molecule has 0 heterocycles. The van der Waals surface area contributed by atoms with E-state index in [9.17, 15) is 4.39 Å². The van der Waals surface area contributed by atoms with Crippen LogP contribution in [0.2, 0.25) is 5.02 Å². The van der Waals surface area contributed by atoms with Crippen LogP contribution in [0.15, 0.2) is 72.8 Å². The highest BCUT2D eigenvalue weighted by Crippen LogP contribution is 2.44. The Labute approximate surface area is 163 Å². The van der Waals surface area contributed by atoms with Gasteiger partial charge in [0, 0.05) is 5.02 Å². The zero-order valence-corrected chi connectivity index (χ0v) is 15.5. The van der Waals surface area contributed by atoms with E-state index in [0.29, 0.717) is 18.3 Å². The third kappa shape index (κ3) is 4.68. The molecule has 2 nitrogen and oxygen atoms in total. The molecule has 3 aromatic rings. The number of para-hydroxylation sites is 1. The van der Waals surface area contributed by atoms with E-state index in [1.807, 2.05) is 42.5 Å². The molecule has 0 aliphatic heterocycles. The van der Waals surface area contributed by atoms with E-state index >= 15 is 0 Å². The molecule has 0 N–H and O–H groups in total. The van der Waals surface area contributed by atoms with Crippen molar-refractivity contribution in [2.75, 3.05) is 0 Å². The molecular formula is C23H20ClFO2. The Kier molecular flexibility index (Phi) is 5.42. The minimum absolute atomic E-state index is 0.0332. The second-order valence-corrected chi connectivity index (χ2v) is 7.24. The standard InChI is InChI=1S/C23H20ClFO2/c24-19-11-9-18(10-12-19)23(17-7-8-17)26-15-16-6-13-21(25)22(14-16)27-20-4-2-1-3-5-20/h1-6,9-14,17,23H,7-8,15H2. The number of hydrogen-bond acceptors (Lipinski definition) is 2. The molecule has 0 bridgehead atoms. The van der Waals surface area contributed by atoms with Crippen LogP contribution in [0.3, 0.4) is 0 Å². The molecule has 1 aliphatic carbocycles. The Morgan fingerprint density at radius 3 is 2.41 bits per heavy atom. The first-order valence-corrected chi connectivity index (χ1v) is 9.45. The molecule has 0 saturated heterocycles. The van der Waals surface area contributed by atoms with Crippen molar-refractivity contribution in [2.24, 2.45) is 5.92 Å². The Bertz CT molecular complexity index is 892. The zero-order valence-electron chi connectivity index (χ0n) is 14.8. The molecule has 4 heteroatoms. The maximum absolute atomic E-state index is 14.1. The second kappa shape index (κ2) is 8.12. The van der Waals surface area contributed by atoms with Gasteiger partial charge in [-0.2, -0.15) is 0 Å². The molecule has 0 spiro atoms. The van der Waals surface area contributed by atoms with Gasteiger partial charge in [-0.1, -0.05) is 48.0 Å². The molecule has 0 amide bonds. The summed E-state index contributed by atoms with van der Waals surface area (Å²) in [6, 6.07) is 21.9. The van der Waals surface area contributed by atoms with Gasteiger partial charge in [0.2, 0.25) is 0 Å². The molecule has 138 valence electrons. The lowest BCUT2D eigenvalue weighted by atomic mass is 10.1. The highest BCUT2D eigenvalue weighted by Gasteiger charge is 2.33. The van der Waals surface area contributed by atoms with Crippen LogP contribution in [0.4, 0.5) is 4.39 Å². The Morgan fingerprint density at radius 1 is 0.963 bits per heavy atom. The van der Waals surface area contributed by atoms with Crippen molar-refractivity contribution in [3.63, 3.8) is 0 Å². The average Bonchev–Trinajstić information content (AvgIpc) is 3.52. The van der Waals surface area contributed by atoms with Gasteiger partial charge in [-0.3, -0.25) is 0 Å². The van der Waals surface area contributed by atoms with Crippen LogP contribution in [-0.4, -0.2) is 0 Å². The predicted octanol–water partition coefficient (Wildman–Crippen LogP) is 6.94. The third-order valence-corrected chi connectivity index (χ3v) is 4.90. The molecule has 1 fully saturated rings. The molecule has 1 atom stereocenters. The van der Waals surface area contributed by atoms with Crippen molar-refractivity contribution < 1.29 is 13.9 Å². The van der Waals surface area contributed by atoms with Gasteiger partial charge in [-0.25, -0.2) is 4.39 Å². The number of ether oxygens (including phenoxy) is 2. The normalized spacial score (nSPS) is 14.7. The summed E-state index contributed by atoms with van der Waals surface area (Å²) in [6.45, 7) is 0.398. The number of halogens is 2. The van der Waals surface area contributed by atoms with E-state index in [1.165, 1.54) is 18.9 Å². The number of hydrogen-bond donors (Lipinski definition) is 0. The van der Waals surface area contributed by atoms with Gasteiger partial charge in [-0.15, -0.1) is 0 Å². The SMILES string of the molecule is Fc1ccc(COC(c2ccc(Cl)cc2)C2CC2)cc1Oc1ccccc1. The first kappa shape index (κ1) is 18.0.